The van der Waals surface area contributed by atoms with Crippen molar-refractivity contribution in [3.63, 3.8) is 0 Å². The number of aryl methyl sites for hydroxylation is 2. The lowest BCUT2D eigenvalue weighted by Crippen LogP contribution is -2.28. The van der Waals surface area contributed by atoms with Crippen molar-refractivity contribution < 1.29 is 14.6 Å². The number of aliphatic carboxylic acids is 1. The van der Waals surface area contributed by atoms with E-state index >= 15 is 0 Å². The van der Waals surface area contributed by atoms with Crippen LogP contribution in [0.4, 0.5) is 5.69 Å². The summed E-state index contributed by atoms with van der Waals surface area (Å²) in [6.45, 7) is 1.99. The van der Waals surface area contributed by atoms with E-state index in [9.17, 15) is 9.90 Å². The lowest BCUT2D eigenvalue weighted by atomic mass is 10.1. The molecular weight excluding hydrogens is 372 g/mol. The summed E-state index contributed by atoms with van der Waals surface area (Å²) in [5, 5.41) is 27.1. The summed E-state index contributed by atoms with van der Waals surface area (Å²) in [5.74, 6) is 1.13. The van der Waals surface area contributed by atoms with Crippen molar-refractivity contribution in [2.45, 2.75) is 25.8 Å². The molecule has 9 nitrogen and oxygen atoms in total. The Labute approximate surface area is 167 Å². The van der Waals surface area contributed by atoms with Crippen LogP contribution in [0.1, 0.15) is 24.2 Å². The summed E-state index contributed by atoms with van der Waals surface area (Å²) >= 11 is 0. The van der Waals surface area contributed by atoms with Gasteiger partial charge in [0.15, 0.2) is 5.82 Å². The summed E-state index contributed by atoms with van der Waals surface area (Å²) in [5.41, 5.74) is 2.48. The second-order valence-electron chi connectivity index (χ2n) is 6.83. The molecule has 4 rings (SSSR count). The summed E-state index contributed by atoms with van der Waals surface area (Å²) in [6, 6.07) is 14.9. The lowest BCUT2D eigenvalue weighted by molar-refractivity contribution is -0.137. The van der Waals surface area contributed by atoms with Gasteiger partial charge in [-0.1, -0.05) is 18.2 Å². The third-order valence-corrected chi connectivity index (χ3v) is 4.71. The number of hydrogen-bond acceptors (Lipinski definition) is 7. The molecule has 2 aromatic carbocycles. The van der Waals surface area contributed by atoms with Crippen molar-refractivity contribution in [2.24, 2.45) is 12.1 Å². The van der Waals surface area contributed by atoms with Crippen molar-refractivity contribution in [1.29, 1.82) is 0 Å². The van der Waals surface area contributed by atoms with Crippen LogP contribution in [0, 0.1) is 6.92 Å². The molecule has 0 saturated carbocycles. The van der Waals surface area contributed by atoms with E-state index < -0.39 is 5.97 Å². The zero-order valence-corrected chi connectivity index (χ0v) is 16.1. The van der Waals surface area contributed by atoms with Gasteiger partial charge in [-0.2, -0.15) is 5.10 Å². The number of aromatic nitrogens is 4. The normalized spacial score (nSPS) is 16.0. The van der Waals surface area contributed by atoms with Gasteiger partial charge in [0.2, 0.25) is 0 Å². The number of hydrogen-bond donors (Lipinski definition) is 1. The number of anilines is 1. The standard InChI is InChI=1S/C20H20N6O3/c1-13-5-3-4-6-18(13)29-16-9-7-14(8-10-16)26-15(12-19(27)28)11-17(22-26)20-21-23-24-25(20)2/h3-10,15H,11-12H2,1-2H3,(H,27,28). The van der Waals surface area contributed by atoms with E-state index in [1.165, 1.54) is 4.68 Å². The van der Waals surface area contributed by atoms with Gasteiger partial charge >= 0.3 is 5.97 Å². The Morgan fingerprint density at radius 2 is 1.97 bits per heavy atom. The Kier molecular flexibility index (Phi) is 4.94. The Morgan fingerprint density at radius 1 is 1.21 bits per heavy atom. The maximum atomic E-state index is 11.3. The van der Waals surface area contributed by atoms with E-state index in [1.54, 1.807) is 12.1 Å². The molecule has 2 heterocycles. The molecule has 0 spiro atoms. The third kappa shape index (κ3) is 3.93. The molecule has 3 aromatic rings. The van der Waals surface area contributed by atoms with E-state index in [0.717, 1.165) is 17.0 Å². The lowest BCUT2D eigenvalue weighted by Gasteiger charge is -2.22. The van der Waals surface area contributed by atoms with Crippen LogP contribution in [-0.2, 0) is 11.8 Å². The number of carbonyl (C=O) groups is 1. The van der Waals surface area contributed by atoms with Crippen LogP contribution in [0.5, 0.6) is 11.5 Å². The molecule has 0 bridgehead atoms. The number of hydrazone groups is 1. The molecule has 1 N–H and O–H groups in total. The van der Waals surface area contributed by atoms with Crippen molar-refractivity contribution in [2.75, 3.05) is 5.01 Å². The minimum absolute atomic E-state index is 0.0419. The van der Waals surface area contributed by atoms with Crippen LogP contribution in [0.3, 0.4) is 0 Å². The first-order valence-corrected chi connectivity index (χ1v) is 9.16. The highest BCUT2D eigenvalue weighted by molar-refractivity contribution is 6.00. The van der Waals surface area contributed by atoms with Crippen LogP contribution in [-0.4, -0.2) is 43.0 Å². The van der Waals surface area contributed by atoms with E-state index in [-0.39, 0.29) is 12.5 Å². The van der Waals surface area contributed by atoms with E-state index in [1.807, 2.05) is 55.5 Å². The number of rotatable bonds is 6. The molecular formula is C20H20N6O3. The number of tetrazole rings is 1. The zero-order chi connectivity index (χ0) is 20.4. The third-order valence-electron chi connectivity index (χ3n) is 4.71. The number of carboxylic acids is 1. The number of carboxylic acid groups (broad SMARTS) is 1. The van der Waals surface area contributed by atoms with Gasteiger partial charge in [0, 0.05) is 13.5 Å². The SMILES string of the molecule is Cc1ccccc1Oc1ccc(N2N=C(c3nnnn3C)CC2CC(=O)O)cc1. The predicted octanol–water partition coefficient (Wildman–Crippen LogP) is 2.77. The number of ether oxygens (including phenoxy) is 1. The molecule has 29 heavy (non-hydrogen) atoms. The van der Waals surface area contributed by atoms with Gasteiger partial charge in [-0.15, -0.1) is 5.10 Å². The maximum Gasteiger partial charge on any atom is 0.305 e. The summed E-state index contributed by atoms with van der Waals surface area (Å²) in [4.78, 5) is 11.3. The predicted molar refractivity (Wildman–Crippen MR) is 106 cm³/mol. The Balaban J connectivity index is 1.59. The van der Waals surface area contributed by atoms with Crippen molar-refractivity contribution in [3.05, 3.63) is 59.9 Å². The van der Waals surface area contributed by atoms with Crippen LogP contribution in [0.25, 0.3) is 0 Å². The topological polar surface area (TPSA) is 106 Å². The summed E-state index contributed by atoms with van der Waals surface area (Å²) in [6.07, 6.45) is 0.404. The fourth-order valence-electron chi connectivity index (χ4n) is 3.27. The molecule has 0 fully saturated rings. The summed E-state index contributed by atoms with van der Waals surface area (Å²) in [7, 11) is 1.73. The highest BCUT2D eigenvalue weighted by Crippen LogP contribution is 2.31. The number of para-hydroxylation sites is 1. The fourth-order valence-corrected chi connectivity index (χ4v) is 3.27. The highest BCUT2D eigenvalue weighted by atomic mass is 16.5. The molecule has 1 aromatic heterocycles. The summed E-state index contributed by atoms with van der Waals surface area (Å²) < 4.78 is 7.46. The van der Waals surface area contributed by atoms with Gasteiger partial charge in [0.25, 0.3) is 0 Å². The minimum Gasteiger partial charge on any atom is -0.481 e. The van der Waals surface area contributed by atoms with Crippen LogP contribution in [0.15, 0.2) is 53.6 Å². The molecule has 0 radical (unpaired) electrons. The van der Waals surface area contributed by atoms with Gasteiger partial charge < -0.3 is 9.84 Å². The Bertz CT molecular complexity index is 1060. The molecule has 1 unspecified atom stereocenters. The van der Waals surface area contributed by atoms with Crippen LogP contribution >= 0.6 is 0 Å². The first-order chi connectivity index (χ1) is 14.0. The van der Waals surface area contributed by atoms with Crippen molar-refractivity contribution in [1.82, 2.24) is 20.2 Å². The zero-order valence-electron chi connectivity index (χ0n) is 16.1. The molecule has 0 amide bonds. The van der Waals surface area contributed by atoms with Crippen molar-refractivity contribution >= 4 is 17.4 Å². The van der Waals surface area contributed by atoms with Gasteiger partial charge in [0.1, 0.15) is 17.2 Å². The van der Waals surface area contributed by atoms with Gasteiger partial charge in [-0.3, -0.25) is 9.80 Å². The highest BCUT2D eigenvalue weighted by Gasteiger charge is 2.32. The molecule has 1 aliphatic rings. The average molecular weight is 392 g/mol. The quantitative estimate of drug-likeness (QED) is 0.687. The van der Waals surface area contributed by atoms with Gasteiger partial charge in [-0.25, -0.2) is 4.68 Å². The Hall–Kier alpha value is -3.75. The second-order valence-corrected chi connectivity index (χ2v) is 6.83. The van der Waals surface area contributed by atoms with Gasteiger partial charge in [0.05, 0.1) is 18.2 Å². The van der Waals surface area contributed by atoms with E-state index in [2.05, 4.69) is 20.6 Å². The molecule has 0 saturated heterocycles. The largest absolute Gasteiger partial charge is 0.481 e. The molecule has 148 valence electrons. The molecule has 1 aliphatic heterocycles. The second kappa shape index (κ2) is 7.70. The Morgan fingerprint density at radius 3 is 2.62 bits per heavy atom. The first-order valence-electron chi connectivity index (χ1n) is 9.16. The molecule has 0 aliphatic carbocycles. The first kappa shape index (κ1) is 18.6. The van der Waals surface area contributed by atoms with Crippen LogP contribution in [0.2, 0.25) is 0 Å². The van der Waals surface area contributed by atoms with Crippen molar-refractivity contribution in [3.8, 4) is 11.5 Å². The maximum absolute atomic E-state index is 11.3. The van der Waals surface area contributed by atoms with E-state index in [4.69, 9.17) is 4.74 Å². The molecule has 1 atom stereocenters. The van der Waals surface area contributed by atoms with E-state index in [0.29, 0.717) is 23.7 Å². The number of nitrogens with zero attached hydrogens (tertiary/aromatic N) is 6. The fraction of sp³-hybridized carbons (Fsp3) is 0.250. The minimum atomic E-state index is -0.882. The van der Waals surface area contributed by atoms with Crippen LogP contribution < -0.4 is 9.75 Å². The average Bonchev–Trinajstić information content (AvgIpc) is 3.30. The monoisotopic (exact) mass is 392 g/mol. The van der Waals surface area contributed by atoms with Gasteiger partial charge in [-0.05, 0) is 53.2 Å². The molecule has 9 heteroatoms. The smallest absolute Gasteiger partial charge is 0.305 e. The number of benzene rings is 2.